The van der Waals surface area contributed by atoms with Crippen LogP contribution in [0, 0.1) is 11.3 Å². The van der Waals surface area contributed by atoms with E-state index in [1.54, 1.807) is 7.11 Å². The van der Waals surface area contributed by atoms with Gasteiger partial charge >= 0.3 is 5.97 Å². The molecule has 0 rings (SSSR count). The average molecular weight is 291 g/mol. The summed E-state index contributed by atoms with van der Waals surface area (Å²) < 4.78 is 15.5. The smallest absolute Gasteiger partial charge is 0.311 e. The van der Waals surface area contributed by atoms with E-state index in [1.165, 1.54) is 0 Å². The van der Waals surface area contributed by atoms with E-state index in [9.17, 15) is 9.90 Å². The van der Waals surface area contributed by atoms with Crippen LogP contribution in [0.1, 0.15) is 26.7 Å². The minimum Gasteiger partial charge on any atom is -0.481 e. The van der Waals surface area contributed by atoms with Crippen molar-refractivity contribution < 1.29 is 24.1 Å². The molecule has 1 atom stereocenters. The van der Waals surface area contributed by atoms with Gasteiger partial charge in [-0.25, -0.2) is 0 Å². The Kier molecular flexibility index (Phi) is 10.6. The van der Waals surface area contributed by atoms with Crippen LogP contribution >= 0.6 is 0 Å². The lowest BCUT2D eigenvalue weighted by atomic mass is 9.77. The van der Waals surface area contributed by atoms with Gasteiger partial charge in [-0.2, -0.15) is 0 Å². The molecule has 0 aromatic rings. The molecule has 3 N–H and O–H groups in total. The van der Waals surface area contributed by atoms with E-state index in [2.05, 4.69) is 0 Å². The summed E-state index contributed by atoms with van der Waals surface area (Å²) in [7, 11) is 1.62. The highest BCUT2D eigenvalue weighted by Gasteiger charge is 2.37. The van der Waals surface area contributed by atoms with Crippen LogP contribution in [0.25, 0.3) is 0 Å². The molecule has 0 bridgehead atoms. The average Bonchev–Trinajstić information content (AvgIpc) is 2.39. The van der Waals surface area contributed by atoms with Crippen LogP contribution in [0.4, 0.5) is 0 Å². The third-order valence-electron chi connectivity index (χ3n) is 3.17. The van der Waals surface area contributed by atoms with Gasteiger partial charge in [0.15, 0.2) is 0 Å². The van der Waals surface area contributed by atoms with Crippen LogP contribution in [-0.4, -0.2) is 57.8 Å². The summed E-state index contributed by atoms with van der Waals surface area (Å²) in [6, 6.07) is 0. The molecule has 0 aliphatic rings. The van der Waals surface area contributed by atoms with Crippen molar-refractivity contribution in [3.8, 4) is 0 Å². The molecule has 0 aromatic heterocycles. The number of aliphatic carboxylic acids is 1. The molecule has 0 aromatic carbocycles. The maximum Gasteiger partial charge on any atom is 0.311 e. The van der Waals surface area contributed by atoms with Gasteiger partial charge in [0.2, 0.25) is 0 Å². The Bertz CT molecular complexity index is 260. The number of nitrogens with two attached hydrogens (primary N) is 1. The van der Waals surface area contributed by atoms with Gasteiger partial charge in [-0.15, -0.1) is 0 Å². The van der Waals surface area contributed by atoms with Crippen molar-refractivity contribution in [2.24, 2.45) is 17.1 Å². The number of hydrogen-bond acceptors (Lipinski definition) is 5. The molecule has 0 aliphatic heterocycles. The van der Waals surface area contributed by atoms with E-state index < -0.39 is 11.4 Å². The second-order valence-corrected chi connectivity index (χ2v) is 5.36. The fourth-order valence-electron chi connectivity index (χ4n) is 2.08. The van der Waals surface area contributed by atoms with Crippen molar-refractivity contribution in [1.82, 2.24) is 0 Å². The molecule has 0 radical (unpaired) electrons. The highest BCUT2D eigenvalue weighted by atomic mass is 16.5. The topological polar surface area (TPSA) is 91.0 Å². The van der Waals surface area contributed by atoms with Gasteiger partial charge in [-0.05, 0) is 18.8 Å². The molecule has 0 spiro atoms. The van der Waals surface area contributed by atoms with E-state index in [1.807, 2.05) is 13.8 Å². The van der Waals surface area contributed by atoms with E-state index >= 15 is 0 Å². The maximum atomic E-state index is 11.5. The molecule has 20 heavy (non-hydrogen) atoms. The van der Waals surface area contributed by atoms with Gasteiger partial charge in [0.25, 0.3) is 0 Å². The molecular weight excluding hydrogens is 262 g/mol. The monoisotopic (exact) mass is 291 g/mol. The molecule has 0 fully saturated rings. The Morgan fingerprint density at radius 1 is 1.15 bits per heavy atom. The Morgan fingerprint density at radius 3 is 2.15 bits per heavy atom. The first-order valence-corrected chi connectivity index (χ1v) is 7.06. The number of carboxylic acid groups (broad SMARTS) is 1. The Hall–Kier alpha value is -0.690. The van der Waals surface area contributed by atoms with Crippen molar-refractivity contribution in [2.45, 2.75) is 26.7 Å². The first kappa shape index (κ1) is 19.3. The highest BCUT2D eigenvalue weighted by molar-refractivity contribution is 5.75. The normalized spacial score (nSPS) is 14.4. The van der Waals surface area contributed by atoms with Crippen molar-refractivity contribution in [1.29, 1.82) is 0 Å². The van der Waals surface area contributed by atoms with Crippen molar-refractivity contribution in [3.05, 3.63) is 0 Å². The van der Waals surface area contributed by atoms with E-state index in [0.717, 1.165) is 0 Å². The van der Waals surface area contributed by atoms with Crippen LogP contribution in [0.3, 0.4) is 0 Å². The number of hydrogen-bond donors (Lipinski definition) is 2. The summed E-state index contributed by atoms with van der Waals surface area (Å²) >= 11 is 0. The molecule has 0 amide bonds. The molecular formula is C14H29NO5. The van der Waals surface area contributed by atoms with Gasteiger partial charge in [0, 0.05) is 20.3 Å². The summed E-state index contributed by atoms with van der Waals surface area (Å²) in [6.45, 7) is 6.54. The second-order valence-electron chi connectivity index (χ2n) is 5.36. The number of carbonyl (C=O) groups is 1. The SMILES string of the molecule is COCCOCCOCCC(CN)(CC(C)C)C(=O)O. The molecule has 0 saturated carbocycles. The molecule has 6 nitrogen and oxygen atoms in total. The van der Waals surface area contributed by atoms with Crippen molar-refractivity contribution >= 4 is 5.97 Å². The zero-order valence-corrected chi connectivity index (χ0v) is 12.9. The standard InChI is InChI=1S/C14H29NO5/c1-12(2)10-14(11-15,13(16)17)4-5-19-8-9-20-7-6-18-3/h12H,4-11,15H2,1-3H3,(H,16,17). The van der Waals surface area contributed by atoms with Crippen LogP contribution in [-0.2, 0) is 19.0 Å². The predicted octanol–water partition coefficient (Wildman–Crippen LogP) is 1.13. The third kappa shape index (κ3) is 7.79. The highest BCUT2D eigenvalue weighted by Crippen LogP contribution is 2.29. The summed E-state index contributed by atoms with van der Waals surface area (Å²) in [5, 5.41) is 9.40. The van der Waals surface area contributed by atoms with Crippen LogP contribution in [0.2, 0.25) is 0 Å². The minimum atomic E-state index is -0.884. The lowest BCUT2D eigenvalue weighted by molar-refractivity contribution is -0.150. The van der Waals surface area contributed by atoms with Crippen molar-refractivity contribution in [3.63, 3.8) is 0 Å². The Balaban J connectivity index is 3.94. The number of methoxy groups -OCH3 is 1. The summed E-state index contributed by atoms with van der Waals surface area (Å²) in [6.07, 6.45) is 0.988. The molecule has 1 unspecified atom stereocenters. The largest absolute Gasteiger partial charge is 0.481 e. The number of carboxylic acids is 1. The summed E-state index contributed by atoms with van der Waals surface area (Å²) in [5.74, 6) is -0.555. The third-order valence-corrected chi connectivity index (χ3v) is 3.17. The van der Waals surface area contributed by atoms with E-state index in [4.69, 9.17) is 19.9 Å². The lowest BCUT2D eigenvalue weighted by Gasteiger charge is -2.29. The molecule has 120 valence electrons. The zero-order chi connectivity index (χ0) is 15.4. The Morgan fingerprint density at radius 2 is 1.70 bits per heavy atom. The summed E-state index contributed by atoms with van der Waals surface area (Å²) in [5.41, 5.74) is 4.79. The fraction of sp³-hybridized carbons (Fsp3) is 0.929. The predicted molar refractivity (Wildman–Crippen MR) is 76.7 cm³/mol. The van der Waals surface area contributed by atoms with Crippen LogP contribution < -0.4 is 5.73 Å². The first-order valence-electron chi connectivity index (χ1n) is 7.06. The number of ether oxygens (including phenoxy) is 3. The van der Waals surface area contributed by atoms with Crippen LogP contribution in [0.15, 0.2) is 0 Å². The van der Waals surface area contributed by atoms with Gasteiger partial charge in [0.05, 0.1) is 31.8 Å². The van der Waals surface area contributed by atoms with Gasteiger partial charge < -0.3 is 25.1 Å². The summed E-state index contributed by atoms with van der Waals surface area (Å²) in [4.78, 5) is 11.5. The van der Waals surface area contributed by atoms with Gasteiger partial charge in [-0.1, -0.05) is 13.8 Å². The molecule has 0 heterocycles. The number of rotatable bonds is 13. The fourth-order valence-corrected chi connectivity index (χ4v) is 2.08. The van der Waals surface area contributed by atoms with Gasteiger partial charge in [0.1, 0.15) is 0 Å². The maximum absolute atomic E-state index is 11.5. The van der Waals surface area contributed by atoms with E-state index in [0.29, 0.717) is 45.9 Å². The van der Waals surface area contributed by atoms with Gasteiger partial charge in [-0.3, -0.25) is 4.79 Å². The van der Waals surface area contributed by atoms with Crippen molar-refractivity contribution in [2.75, 3.05) is 46.7 Å². The minimum absolute atomic E-state index is 0.133. The van der Waals surface area contributed by atoms with E-state index in [-0.39, 0.29) is 12.5 Å². The molecule has 0 saturated heterocycles. The first-order chi connectivity index (χ1) is 9.48. The molecule has 6 heteroatoms. The Labute approximate surface area is 121 Å². The second kappa shape index (κ2) is 11.0. The lowest BCUT2D eigenvalue weighted by Crippen LogP contribution is -2.41. The molecule has 0 aliphatic carbocycles. The van der Waals surface area contributed by atoms with Crippen LogP contribution in [0.5, 0.6) is 0 Å². The zero-order valence-electron chi connectivity index (χ0n) is 12.9. The quantitative estimate of drug-likeness (QED) is 0.494.